The number of sulfone groups is 1. The molecule has 1 aliphatic heterocycles. The average molecular weight is 274 g/mol. The van der Waals surface area contributed by atoms with Crippen LogP contribution in [-0.4, -0.2) is 47.4 Å². The van der Waals surface area contributed by atoms with E-state index in [1.807, 2.05) is 0 Å². The summed E-state index contributed by atoms with van der Waals surface area (Å²) in [7, 11) is -2.89. The van der Waals surface area contributed by atoms with Crippen molar-refractivity contribution in [1.82, 2.24) is 9.78 Å². The second-order valence-corrected chi connectivity index (χ2v) is 6.58. The van der Waals surface area contributed by atoms with Gasteiger partial charge in [-0.3, -0.25) is 9.48 Å². The summed E-state index contributed by atoms with van der Waals surface area (Å²) in [5, 5.41) is 12.4. The fraction of sp³-hybridized carbons (Fsp3) is 0.600. The molecular formula is C10H14N2O5S. The number of carboxylic acid groups (broad SMARTS) is 1. The first-order valence-corrected chi connectivity index (χ1v) is 7.34. The molecule has 0 aromatic carbocycles. The number of rotatable bonds is 5. The minimum Gasteiger partial charge on any atom is -0.490 e. The molecule has 18 heavy (non-hydrogen) atoms. The normalized spacial score (nSPS) is 21.9. The summed E-state index contributed by atoms with van der Waals surface area (Å²) in [6.07, 6.45) is 3.52. The van der Waals surface area contributed by atoms with Crippen LogP contribution < -0.4 is 4.74 Å². The maximum absolute atomic E-state index is 11.2. The lowest BCUT2D eigenvalue weighted by molar-refractivity contribution is -0.137. The van der Waals surface area contributed by atoms with Gasteiger partial charge in [0.05, 0.1) is 30.5 Å². The highest BCUT2D eigenvalue weighted by atomic mass is 32.2. The van der Waals surface area contributed by atoms with E-state index >= 15 is 0 Å². The Morgan fingerprint density at radius 2 is 2.39 bits per heavy atom. The third kappa shape index (κ3) is 3.46. The molecule has 1 aromatic heterocycles. The van der Waals surface area contributed by atoms with Crippen LogP contribution in [0, 0.1) is 5.92 Å². The number of aliphatic carboxylic acids is 1. The Bertz CT molecular complexity index is 536. The number of aromatic nitrogens is 2. The van der Waals surface area contributed by atoms with E-state index in [1.54, 1.807) is 0 Å². The van der Waals surface area contributed by atoms with Crippen molar-refractivity contribution in [3.63, 3.8) is 0 Å². The van der Waals surface area contributed by atoms with Crippen LogP contribution in [0.25, 0.3) is 0 Å². The molecule has 100 valence electrons. The Labute approximate surface area is 104 Å². The van der Waals surface area contributed by atoms with Crippen LogP contribution >= 0.6 is 0 Å². The molecule has 2 heterocycles. The Hall–Kier alpha value is -1.57. The number of hydrogen-bond donors (Lipinski definition) is 1. The standard InChI is InChI=1S/C10H14N2O5S/c13-10(14)5-12-4-9(3-11-12)17-6-8-1-2-18(15,16)7-8/h3-4,8H,1-2,5-7H2,(H,13,14). The van der Waals surface area contributed by atoms with Crippen LogP contribution in [0.1, 0.15) is 6.42 Å². The summed E-state index contributed by atoms with van der Waals surface area (Å²) in [6, 6.07) is 0. The Balaban J connectivity index is 1.84. The van der Waals surface area contributed by atoms with Crippen molar-refractivity contribution in [1.29, 1.82) is 0 Å². The van der Waals surface area contributed by atoms with Crippen LogP contribution in [0.4, 0.5) is 0 Å². The van der Waals surface area contributed by atoms with Gasteiger partial charge in [0, 0.05) is 5.92 Å². The second kappa shape index (κ2) is 4.97. The van der Waals surface area contributed by atoms with Gasteiger partial charge in [-0.25, -0.2) is 8.42 Å². The molecule has 1 aliphatic rings. The summed E-state index contributed by atoms with van der Waals surface area (Å²) in [6.45, 7) is 0.0964. The van der Waals surface area contributed by atoms with Gasteiger partial charge >= 0.3 is 5.97 Å². The number of carbonyl (C=O) groups is 1. The van der Waals surface area contributed by atoms with Gasteiger partial charge in [-0.05, 0) is 6.42 Å². The summed E-state index contributed by atoms with van der Waals surface area (Å²) in [4.78, 5) is 10.4. The van der Waals surface area contributed by atoms with Crippen molar-refractivity contribution >= 4 is 15.8 Å². The first-order valence-electron chi connectivity index (χ1n) is 5.52. The lowest BCUT2D eigenvalue weighted by atomic mass is 10.1. The number of hydrogen-bond acceptors (Lipinski definition) is 5. The summed E-state index contributed by atoms with van der Waals surface area (Å²) < 4.78 is 29.1. The minimum absolute atomic E-state index is 0.0119. The van der Waals surface area contributed by atoms with E-state index in [1.165, 1.54) is 17.1 Å². The van der Waals surface area contributed by atoms with Gasteiger partial charge in [-0.2, -0.15) is 5.10 Å². The highest BCUT2D eigenvalue weighted by Crippen LogP contribution is 2.20. The Morgan fingerprint density at radius 3 is 3.00 bits per heavy atom. The molecule has 1 fully saturated rings. The van der Waals surface area contributed by atoms with Crippen LogP contribution in [0.3, 0.4) is 0 Å². The van der Waals surface area contributed by atoms with Crippen LogP contribution in [0.2, 0.25) is 0 Å². The molecule has 0 radical (unpaired) electrons. The van der Waals surface area contributed by atoms with Gasteiger partial charge in [0.2, 0.25) is 0 Å². The molecule has 1 unspecified atom stereocenters. The molecule has 1 aromatic rings. The lowest BCUT2D eigenvalue weighted by Gasteiger charge is -2.07. The fourth-order valence-electron chi connectivity index (χ4n) is 1.86. The molecule has 0 bridgehead atoms. The highest BCUT2D eigenvalue weighted by Gasteiger charge is 2.28. The second-order valence-electron chi connectivity index (χ2n) is 4.35. The van der Waals surface area contributed by atoms with Crippen molar-refractivity contribution in [2.75, 3.05) is 18.1 Å². The zero-order valence-corrected chi connectivity index (χ0v) is 10.5. The van der Waals surface area contributed by atoms with E-state index in [9.17, 15) is 13.2 Å². The van der Waals surface area contributed by atoms with E-state index in [0.717, 1.165) is 0 Å². The Morgan fingerprint density at radius 1 is 1.61 bits per heavy atom. The molecule has 8 heteroatoms. The fourth-order valence-corrected chi connectivity index (χ4v) is 3.70. The first-order chi connectivity index (χ1) is 8.44. The molecular weight excluding hydrogens is 260 g/mol. The van der Waals surface area contributed by atoms with Gasteiger partial charge < -0.3 is 9.84 Å². The van der Waals surface area contributed by atoms with E-state index in [0.29, 0.717) is 18.8 Å². The first kappa shape index (κ1) is 12.9. The molecule has 0 saturated carbocycles. The maximum Gasteiger partial charge on any atom is 0.325 e. The van der Waals surface area contributed by atoms with Crippen LogP contribution in [0.15, 0.2) is 12.4 Å². The van der Waals surface area contributed by atoms with E-state index in [4.69, 9.17) is 9.84 Å². The molecule has 0 amide bonds. The van der Waals surface area contributed by atoms with Crippen LogP contribution in [-0.2, 0) is 21.2 Å². The van der Waals surface area contributed by atoms with E-state index in [2.05, 4.69) is 5.10 Å². The zero-order chi connectivity index (χ0) is 13.2. The quantitative estimate of drug-likeness (QED) is 0.797. The van der Waals surface area contributed by atoms with Crippen molar-refractivity contribution in [2.24, 2.45) is 5.92 Å². The number of nitrogens with zero attached hydrogens (tertiary/aromatic N) is 2. The number of ether oxygens (including phenoxy) is 1. The van der Waals surface area contributed by atoms with E-state index < -0.39 is 15.8 Å². The molecule has 1 atom stereocenters. The average Bonchev–Trinajstić information content (AvgIpc) is 2.81. The van der Waals surface area contributed by atoms with Crippen molar-refractivity contribution in [3.05, 3.63) is 12.4 Å². The topological polar surface area (TPSA) is 98.5 Å². The number of carboxylic acids is 1. The predicted molar refractivity (Wildman–Crippen MR) is 62.1 cm³/mol. The predicted octanol–water partition coefficient (Wildman–Crippen LogP) is -0.219. The van der Waals surface area contributed by atoms with Crippen molar-refractivity contribution in [3.8, 4) is 5.75 Å². The third-order valence-electron chi connectivity index (χ3n) is 2.72. The molecule has 0 aliphatic carbocycles. The minimum atomic E-state index is -2.89. The van der Waals surface area contributed by atoms with Gasteiger partial charge in [-0.15, -0.1) is 0 Å². The molecule has 1 N–H and O–H groups in total. The lowest BCUT2D eigenvalue weighted by Crippen LogP contribution is -2.13. The molecule has 1 saturated heterocycles. The highest BCUT2D eigenvalue weighted by molar-refractivity contribution is 7.91. The third-order valence-corrected chi connectivity index (χ3v) is 4.56. The smallest absolute Gasteiger partial charge is 0.325 e. The summed E-state index contributed by atoms with van der Waals surface area (Å²) >= 11 is 0. The van der Waals surface area contributed by atoms with Crippen molar-refractivity contribution < 1.29 is 23.1 Å². The van der Waals surface area contributed by atoms with Gasteiger partial charge in [0.15, 0.2) is 15.6 Å². The van der Waals surface area contributed by atoms with Gasteiger partial charge in [0.1, 0.15) is 6.54 Å². The summed E-state index contributed by atoms with van der Waals surface area (Å²) in [5.41, 5.74) is 0. The SMILES string of the molecule is O=C(O)Cn1cc(OCC2CCS(=O)(=O)C2)cn1. The van der Waals surface area contributed by atoms with E-state index in [-0.39, 0.29) is 24.0 Å². The maximum atomic E-state index is 11.2. The summed E-state index contributed by atoms with van der Waals surface area (Å²) in [5.74, 6) is -0.125. The van der Waals surface area contributed by atoms with Gasteiger partial charge in [0.25, 0.3) is 0 Å². The molecule has 0 spiro atoms. The largest absolute Gasteiger partial charge is 0.490 e. The Kier molecular flexibility index (Phi) is 3.55. The molecule has 7 nitrogen and oxygen atoms in total. The zero-order valence-electron chi connectivity index (χ0n) is 9.65. The van der Waals surface area contributed by atoms with Crippen LogP contribution in [0.5, 0.6) is 5.75 Å². The van der Waals surface area contributed by atoms with Gasteiger partial charge in [-0.1, -0.05) is 0 Å². The monoisotopic (exact) mass is 274 g/mol. The van der Waals surface area contributed by atoms with Crippen molar-refractivity contribution in [2.45, 2.75) is 13.0 Å². The molecule has 2 rings (SSSR count).